The van der Waals surface area contributed by atoms with E-state index in [0.29, 0.717) is 5.56 Å². The van der Waals surface area contributed by atoms with E-state index in [1.165, 1.54) is 0 Å². The number of carbonyl (C=O) groups excluding carboxylic acids is 1. The van der Waals surface area contributed by atoms with E-state index in [2.05, 4.69) is 4.98 Å². The molecule has 0 radical (unpaired) electrons. The van der Waals surface area contributed by atoms with E-state index in [1.54, 1.807) is 18.5 Å². The Morgan fingerprint density at radius 1 is 1.13 bits per heavy atom. The van der Waals surface area contributed by atoms with Crippen LogP contribution >= 0.6 is 0 Å². The molecule has 0 fully saturated rings. The lowest BCUT2D eigenvalue weighted by Gasteiger charge is -2.05. The molecule has 0 aliphatic rings. The Bertz CT molecular complexity index is 480. The van der Waals surface area contributed by atoms with Crippen LogP contribution in [-0.4, -0.2) is 10.9 Å². The molecule has 2 aromatic rings. The van der Waals surface area contributed by atoms with Gasteiger partial charge in [-0.05, 0) is 11.6 Å². The molecule has 1 amide bonds. The molecule has 2 N–H and O–H groups in total. The third-order valence-corrected chi connectivity index (χ3v) is 2.17. The van der Waals surface area contributed by atoms with Crippen molar-refractivity contribution >= 4 is 5.91 Å². The molecule has 0 aliphatic heterocycles. The van der Waals surface area contributed by atoms with Crippen LogP contribution < -0.4 is 5.73 Å². The van der Waals surface area contributed by atoms with Crippen molar-refractivity contribution in [1.29, 1.82) is 0 Å². The molecule has 0 bridgehead atoms. The lowest BCUT2D eigenvalue weighted by Crippen LogP contribution is -2.12. The highest BCUT2D eigenvalue weighted by Crippen LogP contribution is 2.21. The van der Waals surface area contributed by atoms with Gasteiger partial charge in [0.2, 0.25) is 5.91 Å². The summed E-state index contributed by atoms with van der Waals surface area (Å²) >= 11 is 0. The molecule has 1 aromatic heterocycles. The van der Waals surface area contributed by atoms with Gasteiger partial charge >= 0.3 is 0 Å². The third-order valence-electron chi connectivity index (χ3n) is 2.17. The fourth-order valence-electron chi connectivity index (χ4n) is 1.46. The van der Waals surface area contributed by atoms with Crippen LogP contribution in [0, 0.1) is 0 Å². The van der Waals surface area contributed by atoms with Crippen molar-refractivity contribution in [1.82, 2.24) is 4.98 Å². The van der Waals surface area contributed by atoms with Gasteiger partial charge in [-0.15, -0.1) is 0 Å². The molecule has 2 rings (SSSR count). The summed E-state index contributed by atoms with van der Waals surface area (Å²) in [4.78, 5) is 15.2. The highest BCUT2D eigenvalue weighted by Gasteiger charge is 2.08. The van der Waals surface area contributed by atoms with Crippen LogP contribution in [0.15, 0.2) is 48.8 Å². The molecule has 1 heterocycles. The molecular weight excluding hydrogens is 188 g/mol. The number of hydrogen-bond donors (Lipinski definition) is 1. The van der Waals surface area contributed by atoms with Crippen LogP contribution in [0.1, 0.15) is 10.4 Å². The topological polar surface area (TPSA) is 56.0 Å². The SMILES string of the molecule is NC(=O)c1ccncc1-c1ccccc1. The van der Waals surface area contributed by atoms with Gasteiger partial charge in [0.05, 0.1) is 0 Å². The van der Waals surface area contributed by atoms with Crippen molar-refractivity contribution < 1.29 is 4.79 Å². The molecule has 74 valence electrons. The first kappa shape index (κ1) is 9.40. The van der Waals surface area contributed by atoms with Crippen molar-refractivity contribution in [2.75, 3.05) is 0 Å². The summed E-state index contributed by atoms with van der Waals surface area (Å²) in [5.74, 6) is -0.434. The van der Waals surface area contributed by atoms with Crippen LogP contribution in [0.3, 0.4) is 0 Å². The molecule has 0 unspecified atom stereocenters. The fourth-order valence-corrected chi connectivity index (χ4v) is 1.46. The second-order valence-corrected chi connectivity index (χ2v) is 3.15. The molecule has 15 heavy (non-hydrogen) atoms. The highest BCUT2D eigenvalue weighted by molar-refractivity contribution is 5.99. The summed E-state index contributed by atoms with van der Waals surface area (Å²) in [6.07, 6.45) is 3.21. The number of nitrogens with zero attached hydrogens (tertiary/aromatic N) is 1. The van der Waals surface area contributed by atoms with E-state index < -0.39 is 5.91 Å². The Kier molecular flexibility index (Phi) is 2.46. The Morgan fingerprint density at radius 3 is 2.53 bits per heavy atom. The molecule has 0 atom stereocenters. The molecule has 0 saturated carbocycles. The number of amides is 1. The maximum absolute atomic E-state index is 11.2. The molecule has 3 nitrogen and oxygen atoms in total. The Hall–Kier alpha value is -2.16. The third kappa shape index (κ3) is 1.86. The monoisotopic (exact) mass is 198 g/mol. The van der Waals surface area contributed by atoms with Crippen molar-refractivity contribution in [3.05, 3.63) is 54.4 Å². The number of hydrogen-bond acceptors (Lipinski definition) is 2. The van der Waals surface area contributed by atoms with Gasteiger partial charge in [0, 0.05) is 23.5 Å². The number of nitrogens with two attached hydrogens (primary N) is 1. The van der Waals surface area contributed by atoms with Crippen LogP contribution in [-0.2, 0) is 0 Å². The quantitative estimate of drug-likeness (QED) is 0.800. The zero-order valence-electron chi connectivity index (χ0n) is 8.05. The summed E-state index contributed by atoms with van der Waals surface area (Å²) < 4.78 is 0. The molecule has 0 spiro atoms. The second kappa shape index (κ2) is 3.92. The Labute approximate surface area is 87.6 Å². The number of primary amides is 1. The molecular formula is C12H10N2O. The number of carbonyl (C=O) groups is 1. The van der Waals surface area contributed by atoms with Gasteiger partial charge < -0.3 is 5.73 Å². The van der Waals surface area contributed by atoms with Crippen molar-refractivity contribution in [3.63, 3.8) is 0 Å². The lowest BCUT2D eigenvalue weighted by molar-refractivity contribution is 0.100. The van der Waals surface area contributed by atoms with Crippen LogP contribution in [0.2, 0.25) is 0 Å². The lowest BCUT2D eigenvalue weighted by atomic mass is 10.0. The normalized spacial score (nSPS) is 9.87. The van der Waals surface area contributed by atoms with E-state index in [-0.39, 0.29) is 0 Å². The summed E-state index contributed by atoms with van der Waals surface area (Å²) in [5, 5.41) is 0. The number of benzene rings is 1. The van der Waals surface area contributed by atoms with Gasteiger partial charge in [-0.1, -0.05) is 30.3 Å². The van der Waals surface area contributed by atoms with E-state index in [0.717, 1.165) is 11.1 Å². The van der Waals surface area contributed by atoms with Gasteiger partial charge in [0.15, 0.2) is 0 Å². The Morgan fingerprint density at radius 2 is 1.87 bits per heavy atom. The summed E-state index contributed by atoms with van der Waals surface area (Å²) in [6.45, 7) is 0. The zero-order valence-corrected chi connectivity index (χ0v) is 8.05. The number of aromatic nitrogens is 1. The van der Waals surface area contributed by atoms with Gasteiger partial charge in [-0.3, -0.25) is 9.78 Å². The molecule has 1 aromatic carbocycles. The van der Waals surface area contributed by atoms with Gasteiger partial charge in [0.25, 0.3) is 0 Å². The van der Waals surface area contributed by atoms with Gasteiger partial charge in [0.1, 0.15) is 0 Å². The van der Waals surface area contributed by atoms with Gasteiger partial charge in [-0.2, -0.15) is 0 Å². The standard InChI is InChI=1S/C12H10N2O/c13-12(15)10-6-7-14-8-11(10)9-4-2-1-3-5-9/h1-8H,(H2,13,15). The fraction of sp³-hybridized carbons (Fsp3) is 0. The van der Waals surface area contributed by atoms with Crippen molar-refractivity contribution in [3.8, 4) is 11.1 Å². The second-order valence-electron chi connectivity index (χ2n) is 3.15. The maximum Gasteiger partial charge on any atom is 0.249 e. The Balaban J connectivity index is 2.58. The molecule has 0 saturated heterocycles. The summed E-state index contributed by atoms with van der Waals surface area (Å²) in [5.41, 5.74) is 7.49. The average Bonchev–Trinajstić information content (AvgIpc) is 2.30. The minimum absolute atomic E-state index is 0.434. The first-order chi connectivity index (χ1) is 7.29. The predicted molar refractivity (Wildman–Crippen MR) is 58.2 cm³/mol. The molecule has 0 aliphatic carbocycles. The molecule has 3 heteroatoms. The van der Waals surface area contributed by atoms with E-state index in [9.17, 15) is 4.79 Å². The van der Waals surface area contributed by atoms with Gasteiger partial charge in [-0.25, -0.2) is 0 Å². The minimum atomic E-state index is -0.434. The first-order valence-corrected chi connectivity index (χ1v) is 4.58. The van der Waals surface area contributed by atoms with Crippen molar-refractivity contribution in [2.24, 2.45) is 5.73 Å². The number of pyridine rings is 1. The van der Waals surface area contributed by atoms with Crippen LogP contribution in [0.4, 0.5) is 0 Å². The first-order valence-electron chi connectivity index (χ1n) is 4.58. The van der Waals surface area contributed by atoms with Crippen LogP contribution in [0.25, 0.3) is 11.1 Å². The summed E-state index contributed by atoms with van der Waals surface area (Å²) in [6, 6.07) is 11.2. The smallest absolute Gasteiger partial charge is 0.249 e. The number of rotatable bonds is 2. The average molecular weight is 198 g/mol. The van der Waals surface area contributed by atoms with E-state index >= 15 is 0 Å². The minimum Gasteiger partial charge on any atom is -0.366 e. The summed E-state index contributed by atoms with van der Waals surface area (Å²) in [7, 11) is 0. The van der Waals surface area contributed by atoms with E-state index in [1.807, 2.05) is 30.3 Å². The zero-order chi connectivity index (χ0) is 10.7. The van der Waals surface area contributed by atoms with Crippen LogP contribution in [0.5, 0.6) is 0 Å². The van der Waals surface area contributed by atoms with E-state index in [4.69, 9.17) is 5.73 Å². The maximum atomic E-state index is 11.2. The largest absolute Gasteiger partial charge is 0.366 e. The highest BCUT2D eigenvalue weighted by atomic mass is 16.1. The predicted octanol–water partition coefficient (Wildman–Crippen LogP) is 1.85. The van der Waals surface area contributed by atoms with Crippen molar-refractivity contribution in [2.45, 2.75) is 0 Å².